The predicted octanol–water partition coefficient (Wildman–Crippen LogP) is 2.27. The van der Waals surface area contributed by atoms with Crippen molar-refractivity contribution in [2.45, 2.75) is 51.1 Å². The lowest BCUT2D eigenvalue weighted by Gasteiger charge is -2.27. The molecule has 23 heavy (non-hydrogen) atoms. The van der Waals surface area contributed by atoms with E-state index in [0.29, 0.717) is 32.1 Å². The molecule has 0 aromatic heterocycles. The number of carbonyl (C=O) groups excluding carboxylic acids is 1. The molecule has 1 atom stereocenters. The first-order chi connectivity index (χ1) is 10.9. The second kappa shape index (κ2) is 7.85. The fourth-order valence-corrected chi connectivity index (χ4v) is 3.02. The summed E-state index contributed by atoms with van der Waals surface area (Å²) in [5, 5.41) is 24.2. The minimum atomic E-state index is -0.743. The first-order valence-corrected chi connectivity index (χ1v) is 8.01. The molecular formula is C17H24N2O4. The number of phenolic OH excluding ortho intramolecular Hbond substituents is 1. The van der Waals surface area contributed by atoms with Gasteiger partial charge in [0.1, 0.15) is 5.75 Å². The van der Waals surface area contributed by atoms with Gasteiger partial charge in [-0.1, -0.05) is 12.1 Å². The number of urea groups is 1. The average molecular weight is 320 g/mol. The lowest BCUT2D eigenvalue weighted by atomic mass is 9.86. The third-order valence-electron chi connectivity index (χ3n) is 4.24. The van der Waals surface area contributed by atoms with Gasteiger partial charge < -0.3 is 20.8 Å². The Morgan fingerprint density at radius 1 is 1.26 bits per heavy atom. The maximum atomic E-state index is 12.0. The van der Waals surface area contributed by atoms with Crippen molar-refractivity contribution in [1.29, 1.82) is 0 Å². The summed E-state index contributed by atoms with van der Waals surface area (Å²) in [4.78, 5) is 22.9. The molecule has 1 aliphatic carbocycles. The summed E-state index contributed by atoms with van der Waals surface area (Å²) < 4.78 is 0. The van der Waals surface area contributed by atoms with Gasteiger partial charge in [0.15, 0.2) is 0 Å². The number of carbonyl (C=O) groups is 2. The standard InChI is InChI=1S/C17H24N2O4/c1-11(9-12-3-2-4-15(20)10-12)18-17(23)19-14-7-5-13(6-8-14)16(21)22/h2-4,10-11,13-14,20H,5-9H2,1H3,(H,21,22)(H2,18,19,23). The van der Waals surface area contributed by atoms with Crippen LogP contribution in [0.2, 0.25) is 0 Å². The van der Waals surface area contributed by atoms with Crippen LogP contribution < -0.4 is 10.6 Å². The van der Waals surface area contributed by atoms with E-state index in [0.717, 1.165) is 5.56 Å². The van der Waals surface area contributed by atoms with E-state index >= 15 is 0 Å². The highest BCUT2D eigenvalue weighted by Crippen LogP contribution is 2.24. The van der Waals surface area contributed by atoms with Gasteiger partial charge in [0.2, 0.25) is 0 Å². The van der Waals surface area contributed by atoms with Gasteiger partial charge in [-0.15, -0.1) is 0 Å². The van der Waals surface area contributed by atoms with Crippen LogP contribution in [0.15, 0.2) is 24.3 Å². The van der Waals surface area contributed by atoms with Crippen LogP contribution in [0.25, 0.3) is 0 Å². The van der Waals surface area contributed by atoms with Gasteiger partial charge in [0.25, 0.3) is 0 Å². The smallest absolute Gasteiger partial charge is 0.315 e. The van der Waals surface area contributed by atoms with Crippen molar-refractivity contribution in [2.75, 3.05) is 0 Å². The van der Waals surface area contributed by atoms with E-state index in [1.54, 1.807) is 18.2 Å². The molecule has 126 valence electrons. The van der Waals surface area contributed by atoms with Crippen molar-refractivity contribution in [3.05, 3.63) is 29.8 Å². The van der Waals surface area contributed by atoms with Crippen LogP contribution >= 0.6 is 0 Å². The SMILES string of the molecule is CC(Cc1cccc(O)c1)NC(=O)NC1CCC(C(=O)O)CC1. The number of hydrogen-bond acceptors (Lipinski definition) is 3. The zero-order valence-corrected chi connectivity index (χ0v) is 13.3. The quantitative estimate of drug-likeness (QED) is 0.669. The number of benzene rings is 1. The van der Waals surface area contributed by atoms with E-state index in [1.165, 1.54) is 0 Å². The molecule has 1 aromatic carbocycles. The number of rotatable bonds is 5. The number of amides is 2. The molecular weight excluding hydrogens is 296 g/mol. The molecule has 2 amide bonds. The molecule has 4 N–H and O–H groups in total. The number of aromatic hydroxyl groups is 1. The van der Waals surface area contributed by atoms with Crippen LogP contribution in [0.4, 0.5) is 4.79 Å². The Morgan fingerprint density at radius 2 is 1.96 bits per heavy atom. The van der Waals surface area contributed by atoms with Gasteiger partial charge >= 0.3 is 12.0 Å². The van der Waals surface area contributed by atoms with Crippen molar-refractivity contribution >= 4 is 12.0 Å². The Kier molecular flexibility index (Phi) is 5.84. The number of carboxylic acids is 1. The molecule has 0 saturated heterocycles. The molecule has 6 heteroatoms. The summed E-state index contributed by atoms with van der Waals surface area (Å²) in [7, 11) is 0. The number of hydrogen-bond donors (Lipinski definition) is 4. The van der Waals surface area contributed by atoms with E-state index in [2.05, 4.69) is 10.6 Å². The largest absolute Gasteiger partial charge is 0.508 e. The maximum Gasteiger partial charge on any atom is 0.315 e. The molecule has 0 bridgehead atoms. The second-order valence-corrected chi connectivity index (χ2v) is 6.28. The maximum absolute atomic E-state index is 12.0. The van der Waals surface area contributed by atoms with Crippen LogP contribution in [0.3, 0.4) is 0 Å². The molecule has 0 spiro atoms. The van der Waals surface area contributed by atoms with Crippen LogP contribution in [0.1, 0.15) is 38.2 Å². The average Bonchev–Trinajstić information content (AvgIpc) is 2.47. The summed E-state index contributed by atoms with van der Waals surface area (Å²) in [6.07, 6.45) is 3.25. The van der Waals surface area contributed by atoms with Crippen molar-refractivity contribution in [3.63, 3.8) is 0 Å². The molecule has 1 unspecified atom stereocenters. The van der Waals surface area contributed by atoms with Gasteiger partial charge in [-0.05, 0) is 56.7 Å². The minimum absolute atomic E-state index is 0.0403. The fourth-order valence-electron chi connectivity index (χ4n) is 3.02. The Balaban J connectivity index is 1.73. The van der Waals surface area contributed by atoms with E-state index in [9.17, 15) is 14.7 Å². The number of aliphatic carboxylic acids is 1. The zero-order valence-electron chi connectivity index (χ0n) is 13.3. The molecule has 2 rings (SSSR count). The molecule has 1 fully saturated rings. The Hall–Kier alpha value is -2.24. The summed E-state index contributed by atoms with van der Waals surface area (Å²) >= 11 is 0. The van der Waals surface area contributed by atoms with Crippen molar-refractivity contribution in [1.82, 2.24) is 10.6 Å². The highest BCUT2D eigenvalue weighted by atomic mass is 16.4. The summed E-state index contributed by atoms with van der Waals surface area (Å²) in [6.45, 7) is 1.91. The zero-order chi connectivity index (χ0) is 16.8. The van der Waals surface area contributed by atoms with E-state index in [-0.39, 0.29) is 29.8 Å². The third kappa shape index (κ3) is 5.47. The first kappa shape index (κ1) is 17.1. The number of carboxylic acid groups (broad SMARTS) is 1. The molecule has 1 aliphatic rings. The summed E-state index contributed by atoms with van der Waals surface area (Å²) in [6, 6.07) is 6.73. The van der Waals surface area contributed by atoms with Crippen LogP contribution in [0.5, 0.6) is 5.75 Å². The molecule has 0 aliphatic heterocycles. The Labute approximate surface area is 135 Å². The first-order valence-electron chi connectivity index (χ1n) is 8.01. The summed E-state index contributed by atoms with van der Waals surface area (Å²) in [5.74, 6) is -0.803. The molecule has 1 saturated carbocycles. The lowest BCUT2D eigenvalue weighted by molar-refractivity contribution is -0.142. The number of nitrogens with one attached hydrogen (secondary N) is 2. The monoisotopic (exact) mass is 320 g/mol. The Bertz CT molecular complexity index is 553. The van der Waals surface area contributed by atoms with Gasteiger partial charge in [-0.3, -0.25) is 4.79 Å². The van der Waals surface area contributed by atoms with Crippen LogP contribution in [-0.2, 0) is 11.2 Å². The van der Waals surface area contributed by atoms with E-state index in [1.807, 2.05) is 13.0 Å². The van der Waals surface area contributed by atoms with Gasteiger partial charge in [-0.2, -0.15) is 0 Å². The highest BCUT2D eigenvalue weighted by Gasteiger charge is 2.26. The fraction of sp³-hybridized carbons (Fsp3) is 0.529. The molecule has 0 heterocycles. The van der Waals surface area contributed by atoms with Crippen molar-refractivity contribution < 1.29 is 19.8 Å². The van der Waals surface area contributed by atoms with Crippen LogP contribution in [-0.4, -0.2) is 34.3 Å². The topological polar surface area (TPSA) is 98.7 Å². The van der Waals surface area contributed by atoms with E-state index < -0.39 is 5.97 Å². The minimum Gasteiger partial charge on any atom is -0.508 e. The lowest BCUT2D eigenvalue weighted by Crippen LogP contribution is -2.47. The second-order valence-electron chi connectivity index (χ2n) is 6.28. The third-order valence-corrected chi connectivity index (χ3v) is 4.24. The normalized spacial score (nSPS) is 22.1. The van der Waals surface area contributed by atoms with E-state index in [4.69, 9.17) is 5.11 Å². The highest BCUT2D eigenvalue weighted by molar-refractivity contribution is 5.74. The van der Waals surface area contributed by atoms with Gasteiger partial charge in [0.05, 0.1) is 5.92 Å². The molecule has 0 radical (unpaired) electrons. The summed E-state index contributed by atoms with van der Waals surface area (Å²) in [5.41, 5.74) is 0.958. The Morgan fingerprint density at radius 3 is 2.57 bits per heavy atom. The van der Waals surface area contributed by atoms with Crippen molar-refractivity contribution in [3.8, 4) is 5.75 Å². The van der Waals surface area contributed by atoms with Crippen molar-refractivity contribution in [2.24, 2.45) is 5.92 Å². The number of phenols is 1. The molecule has 6 nitrogen and oxygen atoms in total. The molecule has 1 aromatic rings. The van der Waals surface area contributed by atoms with Gasteiger partial charge in [0, 0.05) is 12.1 Å². The van der Waals surface area contributed by atoms with Crippen LogP contribution in [0, 0.1) is 5.92 Å². The van der Waals surface area contributed by atoms with Gasteiger partial charge in [-0.25, -0.2) is 4.79 Å². The predicted molar refractivity (Wildman–Crippen MR) is 86.3 cm³/mol.